The molecular weight excluding hydrogens is 255 g/mol. The normalized spacial score (nSPS) is 23.5. The lowest BCUT2D eigenvalue weighted by Crippen LogP contribution is -2.28. The van der Waals surface area contributed by atoms with Gasteiger partial charge in [-0.1, -0.05) is 6.92 Å². The molecule has 1 aromatic rings. The molecule has 0 spiro atoms. The van der Waals surface area contributed by atoms with Crippen LogP contribution >= 0.6 is 0 Å². The minimum Gasteiger partial charge on any atom is -0.370 e. The van der Waals surface area contributed by atoms with E-state index in [0.717, 1.165) is 6.07 Å². The standard InChI is InChI=1S/C13H14F3N3/c1-8-6-19(7-12(8)18)10-2-3-11(13(14,15)16)9(4-10)5-17/h2-4,8,12H,6-7,18H2,1H3. The molecule has 3 nitrogen and oxygen atoms in total. The second-order valence-electron chi connectivity index (χ2n) is 4.89. The molecule has 0 aromatic heterocycles. The van der Waals surface area contributed by atoms with Crippen LogP contribution in [0.25, 0.3) is 0 Å². The summed E-state index contributed by atoms with van der Waals surface area (Å²) < 4.78 is 38.1. The Hall–Kier alpha value is -1.74. The molecule has 0 saturated carbocycles. The van der Waals surface area contributed by atoms with Crippen LogP contribution in [-0.2, 0) is 6.18 Å². The highest BCUT2D eigenvalue weighted by Crippen LogP contribution is 2.34. The Balaban J connectivity index is 2.34. The van der Waals surface area contributed by atoms with Crippen LogP contribution in [-0.4, -0.2) is 19.1 Å². The number of nitrogens with two attached hydrogens (primary N) is 1. The van der Waals surface area contributed by atoms with Crippen molar-refractivity contribution in [2.45, 2.75) is 19.1 Å². The maximum absolute atomic E-state index is 12.7. The summed E-state index contributed by atoms with van der Waals surface area (Å²) in [6, 6.07) is 5.26. The highest BCUT2D eigenvalue weighted by atomic mass is 19.4. The lowest BCUT2D eigenvalue weighted by molar-refractivity contribution is -0.137. The molecule has 2 unspecified atom stereocenters. The zero-order chi connectivity index (χ0) is 14.2. The Labute approximate surface area is 109 Å². The van der Waals surface area contributed by atoms with E-state index < -0.39 is 11.7 Å². The molecule has 0 radical (unpaired) electrons. The molecule has 1 fully saturated rings. The molecule has 1 aliphatic heterocycles. The summed E-state index contributed by atoms with van der Waals surface area (Å²) in [5.74, 6) is 0.285. The number of benzene rings is 1. The summed E-state index contributed by atoms with van der Waals surface area (Å²) in [6.07, 6.45) is -4.50. The van der Waals surface area contributed by atoms with Crippen LogP contribution in [0.4, 0.5) is 18.9 Å². The van der Waals surface area contributed by atoms with Crippen molar-refractivity contribution < 1.29 is 13.2 Å². The number of halogens is 3. The molecule has 1 saturated heterocycles. The number of rotatable bonds is 1. The van der Waals surface area contributed by atoms with Crippen molar-refractivity contribution in [3.63, 3.8) is 0 Å². The third-order valence-electron chi connectivity index (χ3n) is 3.46. The van der Waals surface area contributed by atoms with Crippen molar-refractivity contribution in [3.05, 3.63) is 29.3 Å². The van der Waals surface area contributed by atoms with E-state index in [9.17, 15) is 13.2 Å². The van der Waals surface area contributed by atoms with Gasteiger partial charge in [0.2, 0.25) is 0 Å². The first-order valence-corrected chi connectivity index (χ1v) is 5.95. The first-order valence-electron chi connectivity index (χ1n) is 5.95. The molecule has 1 aromatic carbocycles. The summed E-state index contributed by atoms with van der Waals surface area (Å²) >= 11 is 0. The minimum atomic E-state index is -4.50. The molecule has 19 heavy (non-hydrogen) atoms. The van der Waals surface area contributed by atoms with E-state index in [0.29, 0.717) is 18.8 Å². The average molecular weight is 269 g/mol. The van der Waals surface area contributed by atoms with Crippen LogP contribution in [0, 0.1) is 17.2 Å². The van der Waals surface area contributed by atoms with E-state index in [1.807, 2.05) is 11.8 Å². The Bertz CT molecular complexity index is 509. The van der Waals surface area contributed by atoms with Gasteiger partial charge in [-0.25, -0.2) is 0 Å². The Morgan fingerprint density at radius 1 is 1.37 bits per heavy atom. The molecule has 1 aliphatic rings. The molecule has 1 heterocycles. The fourth-order valence-electron chi connectivity index (χ4n) is 2.27. The third kappa shape index (κ3) is 2.66. The molecule has 102 valence electrons. The van der Waals surface area contributed by atoms with Gasteiger partial charge >= 0.3 is 6.18 Å². The number of nitriles is 1. The molecule has 0 amide bonds. The Kier molecular flexibility index (Phi) is 3.42. The third-order valence-corrected chi connectivity index (χ3v) is 3.46. The van der Waals surface area contributed by atoms with Crippen LogP contribution in [0.3, 0.4) is 0 Å². The van der Waals surface area contributed by atoms with Gasteiger partial charge in [0.15, 0.2) is 0 Å². The van der Waals surface area contributed by atoms with Gasteiger partial charge in [-0.15, -0.1) is 0 Å². The number of anilines is 1. The molecular formula is C13H14F3N3. The zero-order valence-corrected chi connectivity index (χ0v) is 10.4. The predicted molar refractivity (Wildman–Crippen MR) is 65.5 cm³/mol. The van der Waals surface area contributed by atoms with E-state index in [1.54, 1.807) is 6.07 Å². The van der Waals surface area contributed by atoms with E-state index in [4.69, 9.17) is 11.0 Å². The quantitative estimate of drug-likeness (QED) is 0.851. The van der Waals surface area contributed by atoms with Gasteiger partial charge < -0.3 is 10.6 Å². The molecule has 6 heteroatoms. The Morgan fingerprint density at radius 3 is 2.53 bits per heavy atom. The molecule has 2 N–H and O–H groups in total. The number of hydrogen-bond acceptors (Lipinski definition) is 3. The zero-order valence-electron chi connectivity index (χ0n) is 10.4. The predicted octanol–water partition coefficient (Wildman–Crippen LogP) is 2.36. The molecule has 2 atom stereocenters. The smallest absolute Gasteiger partial charge is 0.370 e. The summed E-state index contributed by atoms with van der Waals surface area (Å²) in [7, 11) is 0. The van der Waals surface area contributed by atoms with Crippen molar-refractivity contribution in [2.24, 2.45) is 11.7 Å². The van der Waals surface area contributed by atoms with Gasteiger partial charge in [0, 0.05) is 24.8 Å². The van der Waals surface area contributed by atoms with Crippen LogP contribution in [0.1, 0.15) is 18.1 Å². The second kappa shape index (κ2) is 4.74. The minimum absolute atomic E-state index is 0.00725. The van der Waals surface area contributed by atoms with Crippen molar-refractivity contribution in [2.75, 3.05) is 18.0 Å². The number of nitrogens with zero attached hydrogens (tertiary/aromatic N) is 2. The molecule has 2 rings (SSSR count). The average Bonchev–Trinajstić information content (AvgIpc) is 2.67. The highest BCUT2D eigenvalue weighted by molar-refractivity contribution is 5.56. The second-order valence-corrected chi connectivity index (χ2v) is 4.89. The van der Waals surface area contributed by atoms with Crippen LogP contribution in [0.2, 0.25) is 0 Å². The number of hydrogen-bond donors (Lipinski definition) is 1. The lowest BCUT2D eigenvalue weighted by atomic mass is 10.1. The highest BCUT2D eigenvalue weighted by Gasteiger charge is 2.34. The maximum Gasteiger partial charge on any atom is 0.417 e. The first-order chi connectivity index (χ1) is 8.82. The largest absolute Gasteiger partial charge is 0.417 e. The van der Waals surface area contributed by atoms with Crippen LogP contribution < -0.4 is 10.6 Å². The van der Waals surface area contributed by atoms with Gasteiger partial charge in [-0.2, -0.15) is 18.4 Å². The summed E-state index contributed by atoms with van der Waals surface area (Å²) in [4.78, 5) is 1.91. The summed E-state index contributed by atoms with van der Waals surface area (Å²) in [5.41, 5.74) is 5.26. The monoisotopic (exact) mass is 269 g/mol. The van der Waals surface area contributed by atoms with Gasteiger partial charge in [-0.3, -0.25) is 0 Å². The number of alkyl halides is 3. The summed E-state index contributed by atoms with van der Waals surface area (Å²) in [6.45, 7) is 3.29. The maximum atomic E-state index is 12.7. The van der Waals surface area contributed by atoms with E-state index in [1.165, 1.54) is 12.1 Å². The lowest BCUT2D eigenvalue weighted by Gasteiger charge is -2.19. The van der Waals surface area contributed by atoms with Crippen molar-refractivity contribution >= 4 is 5.69 Å². The fourth-order valence-corrected chi connectivity index (χ4v) is 2.27. The Morgan fingerprint density at radius 2 is 2.05 bits per heavy atom. The van der Waals surface area contributed by atoms with Crippen LogP contribution in [0.15, 0.2) is 18.2 Å². The van der Waals surface area contributed by atoms with E-state index in [-0.39, 0.29) is 17.5 Å². The van der Waals surface area contributed by atoms with Gasteiger partial charge in [-0.05, 0) is 24.1 Å². The van der Waals surface area contributed by atoms with Gasteiger partial charge in [0.25, 0.3) is 0 Å². The van der Waals surface area contributed by atoms with E-state index in [2.05, 4.69) is 0 Å². The van der Waals surface area contributed by atoms with Gasteiger partial charge in [0.1, 0.15) is 0 Å². The molecule has 0 bridgehead atoms. The van der Waals surface area contributed by atoms with Crippen molar-refractivity contribution in [1.82, 2.24) is 0 Å². The van der Waals surface area contributed by atoms with Gasteiger partial charge in [0.05, 0.1) is 17.2 Å². The summed E-state index contributed by atoms with van der Waals surface area (Å²) in [5, 5.41) is 8.86. The van der Waals surface area contributed by atoms with Crippen molar-refractivity contribution in [3.8, 4) is 6.07 Å². The van der Waals surface area contributed by atoms with E-state index >= 15 is 0 Å². The SMILES string of the molecule is CC1CN(c2ccc(C(F)(F)F)c(C#N)c2)CC1N. The topological polar surface area (TPSA) is 53.0 Å². The van der Waals surface area contributed by atoms with Crippen molar-refractivity contribution in [1.29, 1.82) is 5.26 Å². The van der Waals surface area contributed by atoms with Crippen LogP contribution in [0.5, 0.6) is 0 Å². The fraction of sp³-hybridized carbons (Fsp3) is 0.462. The first kappa shape index (κ1) is 13.7. The molecule has 0 aliphatic carbocycles.